The van der Waals surface area contributed by atoms with Crippen molar-refractivity contribution in [2.75, 3.05) is 18.0 Å². The van der Waals surface area contributed by atoms with Gasteiger partial charge in [-0.25, -0.2) is 4.39 Å². The van der Waals surface area contributed by atoms with E-state index in [0.717, 1.165) is 5.69 Å². The summed E-state index contributed by atoms with van der Waals surface area (Å²) < 4.78 is 26.5. The molecule has 7 heteroatoms. The maximum absolute atomic E-state index is 14.6. The van der Waals surface area contributed by atoms with Crippen molar-refractivity contribution in [1.29, 1.82) is 0 Å². The summed E-state index contributed by atoms with van der Waals surface area (Å²) in [5, 5.41) is 0. The lowest BCUT2D eigenvalue weighted by Gasteiger charge is -2.32. The lowest BCUT2D eigenvalue weighted by Crippen LogP contribution is -2.41. The molecule has 1 aromatic carbocycles. The van der Waals surface area contributed by atoms with Crippen molar-refractivity contribution < 1.29 is 18.5 Å². The Labute approximate surface area is 142 Å². The van der Waals surface area contributed by atoms with Crippen LogP contribution < -0.4 is 16.1 Å². The van der Waals surface area contributed by atoms with E-state index < -0.39 is 18.3 Å². The average molecular weight is 334 g/mol. The van der Waals surface area contributed by atoms with Crippen molar-refractivity contribution in [2.45, 2.75) is 45.3 Å². The van der Waals surface area contributed by atoms with Crippen molar-refractivity contribution in [3.05, 3.63) is 24.0 Å². The normalized spacial score (nSPS) is 25.3. The van der Waals surface area contributed by atoms with Gasteiger partial charge in [-0.15, -0.1) is 0 Å². The third kappa shape index (κ3) is 2.91. The highest BCUT2D eigenvalue weighted by Crippen LogP contribution is 2.37. The van der Waals surface area contributed by atoms with Gasteiger partial charge < -0.3 is 19.9 Å². The summed E-state index contributed by atoms with van der Waals surface area (Å²) in [5.74, 6) is -0.837. The molecule has 2 fully saturated rings. The van der Waals surface area contributed by atoms with Crippen LogP contribution in [0.15, 0.2) is 18.2 Å². The van der Waals surface area contributed by atoms with Crippen LogP contribution >= 0.6 is 0 Å². The fourth-order valence-corrected chi connectivity index (χ4v) is 3.10. The van der Waals surface area contributed by atoms with E-state index >= 15 is 0 Å². The summed E-state index contributed by atoms with van der Waals surface area (Å²) in [6.07, 6.45) is 0.704. The largest absolute Gasteiger partial charge is 0.497 e. The maximum atomic E-state index is 14.6. The van der Waals surface area contributed by atoms with E-state index in [1.807, 2.05) is 38.7 Å². The number of nitrogens with zero attached hydrogens (tertiary/aromatic N) is 1. The summed E-state index contributed by atoms with van der Waals surface area (Å²) >= 11 is 0. The van der Waals surface area contributed by atoms with Gasteiger partial charge in [0, 0.05) is 24.2 Å². The number of nitrogens with two attached hydrogens (primary N) is 1. The molecule has 0 aliphatic carbocycles. The van der Waals surface area contributed by atoms with Crippen molar-refractivity contribution in [3.8, 4) is 0 Å². The third-order valence-corrected chi connectivity index (χ3v) is 5.45. The minimum atomic E-state index is -0.721. The fraction of sp³-hybridized carbons (Fsp3) is 0.588. The Bertz CT molecular complexity index is 649. The molecule has 2 aliphatic heterocycles. The summed E-state index contributed by atoms with van der Waals surface area (Å²) in [7, 11) is -0.721. The highest BCUT2D eigenvalue weighted by Gasteiger charge is 2.52. The zero-order valence-electron chi connectivity index (χ0n) is 14.6. The monoisotopic (exact) mass is 334 g/mol. The first kappa shape index (κ1) is 17.2. The smallest absolute Gasteiger partial charge is 0.399 e. The SMILES string of the molecule is CC1(C)OB(c2ccc(N3CC[C@H](C(N)=O)C3)cc2F)OC1(C)C. The molecule has 0 radical (unpaired) electrons. The number of primary amides is 1. The van der Waals surface area contributed by atoms with Gasteiger partial charge in [-0.3, -0.25) is 4.79 Å². The van der Waals surface area contributed by atoms with Gasteiger partial charge in [0.25, 0.3) is 0 Å². The predicted octanol–water partition coefficient (Wildman–Crippen LogP) is 1.44. The second kappa shape index (κ2) is 5.74. The lowest BCUT2D eigenvalue weighted by molar-refractivity contribution is -0.121. The summed E-state index contributed by atoms with van der Waals surface area (Å²) in [5.41, 5.74) is 5.48. The third-order valence-electron chi connectivity index (χ3n) is 5.45. The van der Waals surface area contributed by atoms with Gasteiger partial charge in [-0.05, 0) is 46.2 Å². The van der Waals surface area contributed by atoms with Crippen LogP contribution in [0.1, 0.15) is 34.1 Å². The van der Waals surface area contributed by atoms with E-state index in [1.54, 1.807) is 6.07 Å². The van der Waals surface area contributed by atoms with Crippen LogP contribution in [0.4, 0.5) is 10.1 Å². The lowest BCUT2D eigenvalue weighted by atomic mass is 9.78. The van der Waals surface area contributed by atoms with Crippen molar-refractivity contribution in [3.63, 3.8) is 0 Å². The quantitative estimate of drug-likeness (QED) is 0.850. The summed E-state index contributed by atoms with van der Waals surface area (Å²) in [6.45, 7) is 8.98. The zero-order valence-corrected chi connectivity index (χ0v) is 14.6. The second-order valence-corrected chi connectivity index (χ2v) is 7.63. The predicted molar refractivity (Wildman–Crippen MR) is 91.6 cm³/mol. The molecule has 1 amide bonds. The van der Waals surface area contributed by atoms with E-state index in [4.69, 9.17) is 15.0 Å². The van der Waals surface area contributed by atoms with Crippen molar-refractivity contribution >= 4 is 24.2 Å². The molecule has 3 rings (SSSR count). The second-order valence-electron chi connectivity index (χ2n) is 7.63. The molecular weight excluding hydrogens is 310 g/mol. The molecule has 5 nitrogen and oxygen atoms in total. The van der Waals surface area contributed by atoms with Crippen molar-refractivity contribution in [1.82, 2.24) is 0 Å². The van der Waals surface area contributed by atoms with E-state index in [-0.39, 0.29) is 17.6 Å². The molecule has 0 saturated carbocycles. The number of amides is 1. The number of hydrogen-bond donors (Lipinski definition) is 1. The van der Waals surface area contributed by atoms with Crippen LogP contribution in [-0.4, -0.2) is 37.3 Å². The number of hydrogen-bond acceptors (Lipinski definition) is 4. The molecule has 1 aromatic rings. The molecule has 0 bridgehead atoms. The fourth-order valence-electron chi connectivity index (χ4n) is 3.10. The van der Waals surface area contributed by atoms with Crippen LogP contribution in [0.2, 0.25) is 0 Å². The average Bonchev–Trinajstić information content (AvgIpc) is 3.02. The van der Waals surface area contributed by atoms with Gasteiger partial charge in [0.1, 0.15) is 5.82 Å². The topological polar surface area (TPSA) is 64.8 Å². The molecular formula is C17H24BFN2O3. The van der Waals surface area contributed by atoms with E-state index in [9.17, 15) is 9.18 Å². The van der Waals surface area contributed by atoms with Crippen LogP contribution in [0.5, 0.6) is 0 Å². The molecule has 0 unspecified atom stereocenters. The number of carbonyl (C=O) groups excluding carboxylic acids is 1. The molecule has 0 aromatic heterocycles. The Kier molecular flexibility index (Phi) is 4.12. The Hall–Kier alpha value is -1.60. The first-order chi connectivity index (χ1) is 11.1. The van der Waals surface area contributed by atoms with Crippen LogP contribution in [0.3, 0.4) is 0 Å². The molecule has 24 heavy (non-hydrogen) atoms. The van der Waals surface area contributed by atoms with Gasteiger partial charge in [-0.1, -0.05) is 6.07 Å². The Morgan fingerprint density at radius 1 is 1.29 bits per heavy atom. The molecule has 2 saturated heterocycles. The Morgan fingerprint density at radius 3 is 2.42 bits per heavy atom. The highest BCUT2D eigenvalue weighted by atomic mass is 19.1. The van der Waals surface area contributed by atoms with Crippen LogP contribution in [-0.2, 0) is 14.1 Å². The minimum absolute atomic E-state index is 0.171. The Morgan fingerprint density at radius 2 is 1.92 bits per heavy atom. The zero-order chi connectivity index (χ0) is 17.7. The van der Waals surface area contributed by atoms with E-state index in [1.165, 1.54) is 6.07 Å². The molecule has 1 atom stereocenters. The maximum Gasteiger partial charge on any atom is 0.497 e. The minimum Gasteiger partial charge on any atom is -0.399 e. The molecule has 2 heterocycles. The molecule has 2 N–H and O–H groups in total. The highest BCUT2D eigenvalue weighted by molar-refractivity contribution is 6.62. The summed E-state index contributed by atoms with van der Waals surface area (Å²) in [4.78, 5) is 13.3. The van der Waals surface area contributed by atoms with Gasteiger partial charge in [0.2, 0.25) is 5.91 Å². The Balaban J connectivity index is 1.78. The summed E-state index contributed by atoms with van der Waals surface area (Å²) in [6, 6.07) is 5.01. The van der Waals surface area contributed by atoms with Gasteiger partial charge in [0.05, 0.1) is 17.1 Å². The van der Waals surface area contributed by atoms with E-state index in [0.29, 0.717) is 25.0 Å². The standard InChI is InChI=1S/C17H24BFN2O3/c1-16(2)17(3,4)24-18(23-16)13-6-5-12(9-14(13)19)21-8-7-11(10-21)15(20)22/h5-6,9,11H,7-8,10H2,1-4H3,(H2,20,22)/t11-/m0/s1. The molecule has 0 spiro atoms. The molecule has 130 valence electrons. The number of carbonyl (C=O) groups is 1. The van der Waals surface area contributed by atoms with Crippen LogP contribution in [0, 0.1) is 11.7 Å². The number of anilines is 1. The number of halogens is 1. The first-order valence-electron chi connectivity index (χ1n) is 8.30. The van der Waals surface area contributed by atoms with Gasteiger partial charge in [-0.2, -0.15) is 0 Å². The first-order valence-corrected chi connectivity index (χ1v) is 8.30. The molecule has 2 aliphatic rings. The van der Waals surface area contributed by atoms with E-state index in [2.05, 4.69) is 0 Å². The van der Waals surface area contributed by atoms with Crippen LogP contribution in [0.25, 0.3) is 0 Å². The van der Waals surface area contributed by atoms with Crippen molar-refractivity contribution in [2.24, 2.45) is 11.7 Å². The number of benzene rings is 1. The van der Waals surface area contributed by atoms with Gasteiger partial charge in [0.15, 0.2) is 0 Å². The number of rotatable bonds is 3. The van der Waals surface area contributed by atoms with Gasteiger partial charge >= 0.3 is 7.12 Å².